The minimum Gasteiger partial charge on any atom is -0.421 e. The Morgan fingerprint density at radius 2 is 1.62 bits per heavy atom. The first-order valence-corrected chi connectivity index (χ1v) is 4.15. The van der Waals surface area contributed by atoms with Crippen LogP contribution in [-0.4, -0.2) is 18.2 Å². The molecule has 0 rings (SSSR count). The van der Waals surface area contributed by atoms with Gasteiger partial charge >= 0.3 is 11.9 Å². The number of carbonyl (C=O) groups is 2. The lowest BCUT2D eigenvalue weighted by molar-refractivity contribution is -0.178. The molecule has 0 saturated carbocycles. The second-order valence-corrected chi connectivity index (χ2v) is 2.29. The average Bonchev–Trinajstić information content (AvgIpc) is 2.16. The monoisotopic (exact) mass is 186 g/mol. The van der Waals surface area contributed by atoms with E-state index in [1.165, 1.54) is 6.08 Å². The zero-order valence-electron chi connectivity index (χ0n) is 7.91. The molecule has 0 amide bonds. The Hall–Kier alpha value is -1.32. The first-order chi connectivity index (χ1) is 6.13. The molecular formula is C9H14O4. The summed E-state index contributed by atoms with van der Waals surface area (Å²) in [7, 11) is 0. The molecule has 0 radical (unpaired) electrons. The Bertz CT molecular complexity index is 180. The van der Waals surface area contributed by atoms with Crippen LogP contribution in [0.2, 0.25) is 0 Å². The van der Waals surface area contributed by atoms with E-state index in [0.29, 0.717) is 0 Å². The lowest BCUT2D eigenvalue weighted by atomic mass is 10.5. The van der Waals surface area contributed by atoms with Gasteiger partial charge in [0.1, 0.15) is 0 Å². The standard InChI is InChI=1S/C9H14O4/c1-4-7(10)12-9(6-3)13-8(11)5-2/h6,9H,3-5H2,1-2H3. The summed E-state index contributed by atoms with van der Waals surface area (Å²) in [5.41, 5.74) is 0. The van der Waals surface area contributed by atoms with E-state index in [0.717, 1.165) is 0 Å². The van der Waals surface area contributed by atoms with Gasteiger partial charge in [0.05, 0.1) is 0 Å². The van der Waals surface area contributed by atoms with E-state index in [1.54, 1.807) is 13.8 Å². The van der Waals surface area contributed by atoms with Gasteiger partial charge in [-0.25, -0.2) is 0 Å². The van der Waals surface area contributed by atoms with Gasteiger partial charge in [-0.1, -0.05) is 20.4 Å². The minimum absolute atomic E-state index is 0.244. The Labute approximate surface area is 77.5 Å². The molecule has 0 spiro atoms. The fourth-order valence-corrected chi connectivity index (χ4v) is 0.546. The lowest BCUT2D eigenvalue weighted by Crippen LogP contribution is -2.21. The van der Waals surface area contributed by atoms with Crippen LogP contribution in [0.5, 0.6) is 0 Å². The van der Waals surface area contributed by atoms with E-state index in [2.05, 4.69) is 6.58 Å². The molecule has 0 unspecified atom stereocenters. The van der Waals surface area contributed by atoms with Crippen LogP contribution in [-0.2, 0) is 19.1 Å². The van der Waals surface area contributed by atoms with E-state index < -0.39 is 18.2 Å². The number of ether oxygens (including phenoxy) is 2. The van der Waals surface area contributed by atoms with E-state index in [4.69, 9.17) is 9.47 Å². The molecule has 0 aliphatic heterocycles. The summed E-state index contributed by atoms with van der Waals surface area (Å²) < 4.78 is 9.44. The largest absolute Gasteiger partial charge is 0.421 e. The van der Waals surface area contributed by atoms with Crippen LogP contribution in [0.25, 0.3) is 0 Å². The molecule has 13 heavy (non-hydrogen) atoms. The smallest absolute Gasteiger partial charge is 0.308 e. The maximum Gasteiger partial charge on any atom is 0.308 e. The van der Waals surface area contributed by atoms with Crippen molar-refractivity contribution in [1.29, 1.82) is 0 Å². The van der Waals surface area contributed by atoms with Crippen LogP contribution in [0, 0.1) is 0 Å². The maximum atomic E-state index is 10.8. The van der Waals surface area contributed by atoms with Crippen LogP contribution in [0.1, 0.15) is 26.7 Å². The molecule has 0 heterocycles. The number of esters is 2. The Morgan fingerprint density at radius 1 is 1.23 bits per heavy atom. The summed E-state index contributed by atoms with van der Waals surface area (Å²) in [6.45, 7) is 6.70. The quantitative estimate of drug-likeness (QED) is 0.370. The second kappa shape index (κ2) is 6.22. The van der Waals surface area contributed by atoms with Gasteiger partial charge in [0.25, 0.3) is 6.29 Å². The van der Waals surface area contributed by atoms with Crippen molar-refractivity contribution in [3.05, 3.63) is 12.7 Å². The zero-order valence-corrected chi connectivity index (χ0v) is 7.91. The van der Waals surface area contributed by atoms with Crippen LogP contribution in [0.4, 0.5) is 0 Å². The van der Waals surface area contributed by atoms with Crippen molar-refractivity contribution in [2.45, 2.75) is 33.0 Å². The van der Waals surface area contributed by atoms with Gasteiger partial charge in [-0.3, -0.25) is 9.59 Å². The van der Waals surface area contributed by atoms with E-state index in [-0.39, 0.29) is 12.8 Å². The molecule has 4 nitrogen and oxygen atoms in total. The molecule has 0 bridgehead atoms. The number of carbonyl (C=O) groups excluding carboxylic acids is 2. The van der Waals surface area contributed by atoms with Crippen molar-refractivity contribution >= 4 is 11.9 Å². The van der Waals surface area contributed by atoms with Gasteiger partial charge in [-0.05, 0) is 6.08 Å². The van der Waals surface area contributed by atoms with Crippen molar-refractivity contribution in [3.8, 4) is 0 Å². The molecule has 0 fully saturated rings. The molecule has 74 valence electrons. The fourth-order valence-electron chi connectivity index (χ4n) is 0.546. The Kier molecular flexibility index (Phi) is 5.59. The summed E-state index contributed by atoms with van der Waals surface area (Å²) in [5.74, 6) is -0.845. The first-order valence-electron chi connectivity index (χ1n) is 4.15. The van der Waals surface area contributed by atoms with E-state index in [1.807, 2.05) is 0 Å². The topological polar surface area (TPSA) is 52.6 Å². The van der Waals surface area contributed by atoms with Crippen LogP contribution in [0.15, 0.2) is 12.7 Å². The highest BCUT2D eigenvalue weighted by atomic mass is 16.7. The molecule has 0 N–H and O–H groups in total. The normalized spacial score (nSPS) is 9.46. The van der Waals surface area contributed by atoms with E-state index in [9.17, 15) is 9.59 Å². The fraction of sp³-hybridized carbons (Fsp3) is 0.556. The molecule has 0 atom stereocenters. The molecular weight excluding hydrogens is 172 g/mol. The summed E-state index contributed by atoms with van der Waals surface area (Å²) >= 11 is 0. The molecule has 0 aliphatic rings. The summed E-state index contributed by atoms with van der Waals surface area (Å²) in [4.78, 5) is 21.6. The SMILES string of the molecule is C=CC(OC(=O)CC)OC(=O)CC. The molecule has 4 heteroatoms. The lowest BCUT2D eigenvalue weighted by Gasteiger charge is -2.13. The molecule has 0 aromatic rings. The summed E-state index contributed by atoms with van der Waals surface area (Å²) in [6.07, 6.45) is 0.795. The third kappa shape index (κ3) is 5.00. The number of hydrogen-bond donors (Lipinski definition) is 0. The van der Waals surface area contributed by atoms with Gasteiger partial charge in [0, 0.05) is 12.8 Å². The zero-order chi connectivity index (χ0) is 10.3. The van der Waals surface area contributed by atoms with Gasteiger partial charge in [-0.2, -0.15) is 0 Å². The Balaban J connectivity index is 3.96. The predicted molar refractivity (Wildman–Crippen MR) is 46.8 cm³/mol. The van der Waals surface area contributed by atoms with E-state index >= 15 is 0 Å². The number of hydrogen-bond acceptors (Lipinski definition) is 4. The van der Waals surface area contributed by atoms with Gasteiger partial charge in [-0.15, -0.1) is 0 Å². The second-order valence-electron chi connectivity index (χ2n) is 2.29. The van der Waals surface area contributed by atoms with Crippen molar-refractivity contribution in [2.24, 2.45) is 0 Å². The summed E-state index contributed by atoms with van der Waals surface area (Å²) in [6, 6.07) is 0. The highest BCUT2D eigenvalue weighted by molar-refractivity contribution is 5.71. The first kappa shape index (κ1) is 11.7. The highest BCUT2D eigenvalue weighted by Crippen LogP contribution is 2.00. The third-order valence-corrected chi connectivity index (χ3v) is 1.26. The molecule has 0 aliphatic carbocycles. The molecule has 0 saturated heterocycles. The Morgan fingerprint density at radius 3 is 1.85 bits per heavy atom. The average molecular weight is 186 g/mol. The van der Waals surface area contributed by atoms with Crippen molar-refractivity contribution in [3.63, 3.8) is 0 Å². The van der Waals surface area contributed by atoms with Crippen LogP contribution >= 0.6 is 0 Å². The van der Waals surface area contributed by atoms with Crippen LogP contribution in [0.3, 0.4) is 0 Å². The van der Waals surface area contributed by atoms with Crippen molar-refractivity contribution < 1.29 is 19.1 Å². The third-order valence-electron chi connectivity index (χ3n) is 1.26. The van der Waals surface area contributed by atoms with Crippen molar-refractivity contribution in [2.75, 3.05) is 0 Å². The van der Waals surface area contributed by atoms with Gasteiger partial charge in [0.2, 0.25) is 0 Å². The van der Waals surface area contributed by atoms with Gasteiger partial charge < -0.3 is 9.47 Å². The van der Waals surface area contributed by atoms with Gasteiger partial charge in [0.15, 0.2) is 0 Å². The predicted octanol–water partition coefficient (Wildman–Crippen LogP) is 1.40. The number of rotatable bonds is 5. The van der Waals surface area contributed by atoms with Crippen molar-refractivity contribution in [1.82, 2.24) is 0 Å². The van der Waals surface area contributed by atoms with Crippen LogP contribution < -0.4 is 0 Å². The molecule has 0 aromatic heterocycles. The minimum atomic E-state index is -0.958. The molecule has 0 aromatic carbocycles. The summed E-state index contributed by atoms with van der Waals surface area (Å²) in [5, 5.41) is 0. The highest BCUT2D eigenvalue weighted by Gasteiger charge is 2.12. The maximum absolute atomic E-state index is 10.8.